The van der Waals surface area contributed by atoms with E-state index in [9.17, 15) is 18.0 Å². The molecule has 248 valence electrons. The molecule has 0 aliphatic rings. The van der Waals surface area contributed by atoms with Gasteiger partial charge in [0.15, 0.2) is 0 Å². The van der Waals surface area contributed by atoms with Crippen LogP contribution in [-0.2, 0) is 24.1 Å². The topological polar surface area (TPSA) is 104 Å². The molecule has 0 saturated heterocycles. The lowest BCUT2D eigenvalue weighted by Gasteiger charge is -2.17. The summed E-state index contributed by atoms with van der Waals surface area (Å²) in [7, 11) is 0. The number of unbranched alkanes of at least 4 members (excludes halogenated alkanes) is 1. The smallest absolute Gasteiger partial charge is 0.416 e. The Labute approximate surface area is 273 Å². The molecular weight excluding hydrogens is 619 g/mol. The van der Waals surface area contributed by atoms with E-state index in [1.54, 1.807) is 6.20 Å². The number of hydrogen-bond donors (Lipinski definition) is 2. The highest BCUT2D eigenvalue weighted by Crippen LogP contribution is 2.37. The maximum atomic E-state index is 13.2. The van der Waals surface area contributed by atoms with E-state index in [0.29, 0.717) is 48.9 Å². The molecule has 0 spiro atoms. The number of aromatic nitrogens is 3. The van der Waals surface area contributed by atoms with Gasteiger partial charge in [-0.2, -0.15) is 13.2 Å². The Hall–Kier alpha value is -4.09. The number of nitrogens with two attached hydrogens (primary N) is 1. The summed E-state index contributed by atoms with van der Waals surface area (Å²) in [5, 5.41) is 11.3. The first kappa shape index (κ1) is 36.4. The molecule has 0 radical (unpaired) electrons. The highest BCUT2D eigenvalue weighted by atomic mass is 35.5. The predicted molar refractivity (Wildman–Crippen MR) is 174 cm³/mol. The molecular formula is C34H41ClF3N5O3. The fourth-order valence-electron chi connectivity index (χ4n) is 4.70. The maximum absolute atomic E-state index is 13.2. The molecule has 3 aromatic carbocycles. The summed E-state index contributed by atoms with van der Waals surface area (Å²) >= 11 is 0. The van der Waals surface area contributed by atoms with Crippen molar-refractivity contribution < 1.29 is 27.4 Å². The molecule has 0 aliphatic heterocycles. The van der Waals surface area contributed by atoms with Gasteiger partial charge in [0, 0.05) is 17.7 Å². The number of para-hydroxylation sites is 2. The van der Waals surface area contributed by atoms with Crippen molar-refractivity contribution in [2.45, 2.75) is 64.9 Å². The second kappa shape index (κ2) is 17.6. The van der Waals surface area contributed by atoms with Crippen LogP contribution in [0.2, 0.25) is 0 Å². The Morgan fingerprint density at radius 1 is 0.913 bits per heavy atom. The third-order valence-electron chi connectivity index (χ3n) is 7.25. The Kier molecular flexibility index (Phi) is 13.9. The summed E-state index contributed by atoms with van der Waals surface area (Å²) in [6, 6.07) is 19.6. The molecule has 1 atom stereocenters. The number of carbonyl (C=O) groups excluding carboxylic acids is 1. The van der Waals surface area contributed by atoms with Crippen molar-refractivity contribution in [3.05, 3.63) is 95.8 Å². The highest BCUT2D eigenvalue weighted by molar-refractivity contribution is 5.85. The van der Waals surface area contributed by atoms with E-state index < -0.39 is 17.8 Å². The molecule has 46 heavy (non-hydrogen) atoms. The highest BCUT2D eigenvalue weighted by Gasteiger charge is 2.30. The van der Waals surface area contributed by atoms with Crippen molar-refractivity contribution in [3.63, 3.8) is 0 Å². The number of alkyl halides is 3. The number of hydrogen-bond acceptors (Lipinski definition) is 6. The molecule has 0 unspecified atom stereocenters. The van der Waals surface area contributed by atoms with E-state index >= 15 is 0 Å². The zero-order chi connectivity index (χ0) is 32.2. The van der Waals surface area contributed by atoms with Gasteiger partial charge in [0.05, 0.1) is 18.4 Å². The number of benzene rings is 3. The van der Waals surface area contributed by atoms with Crippen LogP contribution < -0.4 is 20.5 Å². The molecule has 4 aromatic rings. The second-order valence-corrected chi connectivity index (χ2v) is 11.2. The number of rotatable bonds is 16. The minimum Gasteiger partial charge on any atom is -0.493 e. The zero-order valence-corrected chi connectivity index (χ0v) is 26.8. The first-order valence-corrected chi connectivity index (χ1v) is 15.1. The number of amides is 1. The van der Waals surface area contributed by atoms with Crippen LogP contribution in [0, 0.1) is 5.92 Å². The van der Waals surface area contributed by atoms with E-state index in [0.717, 1.165) is 41.9 Å². The maximum Gasteiger partial charge on any atom is 0.416 e. The number of carbonyl (C=O) groups is 1. The molecule has 1 aromatic heterocycles. The van der Waals surface area contributed by atoms with E-state index in [4.69, 9.17) is 15.2 Å². The Balaban J connectivity index is 0.00000576. The Morgan fingerprint density at radius 2 is 1.54 bits per heavy atom. The van der Waals surface area contributed by atoms with E-state index in [1.165, 1.54) is 16.8 Å². The average Bonchev–Trinajstić information content (AvgIpc) is 3.49. The van der Waals surface area contributed by atoms with E-state index in [1.807, 2.05) is 48.5 Å². The van der Waals surface area contributed by atoms with Crippen molar-refractivity contribution >= 4 is 18.3 Å². The molecule has 0 saturated carbocycles. The van der Waals surface area contributed by atoms with Crippen molar-refractivity contribution in [1.29, 1.82) is 0 Å². The summed E-state index contributed by atoms with van der Waals surface area (Å²) in [6.07, 6.45) is 0.0901. The largest absolute Gasteiger partial charge is 0.493 e. The SMILES string of the molecule is CC(C)CCOc1ccccc1-c1ccccc1OCc1cn([C@H](CCCCN)C(=O)NCc2ccc(C(F)(F)F)cc2)nn1.Cl. The zero-order valence-electron chi connectivity index (χ0n) is 26.0. The van der Waals surface area contributed by atoms with E-state index in [-0.39, 0.29) is 31.5 Å². The fourth-order valence-corrected chi connectivity index (χ4v) is 4.70. The second-order valence-electron chi connectivity index (χ2n) is 11.2. The summed E-state index contributed by atoms with van der Waals surface area (Å²) in [6.45, 7) is 5.62. The quantitative estimate of drug-likeness (QED) is 0.122. The summed E-state index contributed by atoms with van der Waals surface area (Å²) in [5.74, 6) is 1.65. The van der Waals surface area contributed by atoms with E-state index in [2.05, 4.69) is 29.5 Å². The lowest BCUT2D eigenvalue weighted by molar-refractivity contribution is -0.137. The fraction of sp³-hybridized carbons (Fsp3) is 0.382. The van der Waals surface area contributed by atoms with Gasteiger partial charge in [-0.15, -0.1) is 17.5 Å². The van der Waals surface area contributed by atoms with Gasteiger partial charge < -0.3 is 20.5 Å². The van der Waals surface area contributed by atoms with Gasteiger partial charge >= 0.3 is 6.18 Å². The normalized spacial score (nSPS) is 12.0. The predicted octanol–water partition coefficient (Wildman–Crippen LogP) is 7.38. The number of ether oxygens (including phenoxy) is 2. The van der Waals surface area contributed by atoms with Gasteiger partial charge in [-0.3, -0.25) is 4.79 Å². The molecule has 1 heterocycles. The first-order chi connectivity index (χ1) is 21.7. The molecule has 4 rings (SSSR count). The molecule has 3 N–H and O–H groups in total. The van der Waals surface area contributed by atoms with Gasteiger partial charge in [-0.05, 0) is 68.0 Å². The van der Waals surface area contributed by atoms with Crippen LogP contribution in [-0.4, -0.2) is 34.1 Å². The summed E-state index contributed by atoms with van der Waals surface area (Å²) in [4.78, 5) is 13.2. The minimum atomic E-state index is -4.42. The Bertz CT molecular complexity index is 1510. The molecule has 0 bridgehead atoms. The average molecular weight is 660 g/mol. The van der Waals surface area contributed by atoms with Gasteiger partial charge in [0.1, 0.15) is 29.8 Å². The molecule has 0 aliphatic carbocycles. The van der Waals surface area contributed by atoms with Gasteiger partial charge in [0.25, 0.3) is 0 Å². The molecule has 8 nitrogen and oxygen atoms in total. The number of nitrogens with zero attached hydrogens (tertiary/aromatic N) is 3. The van der Waals surface area contributed by atoms with Gasteiger partial charge in [-0.25, -0.2) is 4.68 Å². The van der Waals surface area contributed by atoms with Crippen molar-refractivity contribution in [1.82, 2.24) is 20.3 Å². The first-order valence-electron chi connectivity index (χ1n) is 15.1. The van der Waals surface area contributed by atoms with Crippen LogP contribution in [0.5, 0.6) is 11.5 Å². The van der Waals surface area contributed by atoms with Crippen LogP contribution in [0.3, 0.4) is 0 Å². The van der Waals surface area contributed by atoms with Crippen LogP contribution in [0.1, 0.15) is 62.4 Å². The van der Waals surface area contributed by atoms with Gasteiger partial charge in [-0.1, -0.05) is 67.6 Å². The van der Waals surface area contributed by atoms with Crippen LogP contribution in [0.25, 0.3) is 11.1 Å². The lowest BCUT2D eigenvalue weighted by Crippen LogP contribution is -2.32. The molecule has 0 fully saturated rings. The van der Waals surface area contributed by atoms with Gasteiger partial charge in [0.2, 0.25) is 5.91 Å². The van der Waals surface area contributed by atoms with Crippen molar-refractivity contribution in [3.8, 4) is 22.6 Å². The standard InChI is InChI=1S/C34H40F3N5O3.ClH/c1-24(2)18-20-44-31-12-5-3-9-28(31)29-10-4-6-13-32(29)45-23-27-22-42(41-40-27)30(11-7-8-19-38)33(43)39-21-25-14-16-26(17-15-25)34(35,36)37;/h3-6,9-10,12-17,22,24,30H,7-8,11,18-21,23,38H2,1-2H3,(H,39,43);1H/t30-;/m1./s1. The lowest BCUT2D eigenvalue weighted by atomic mass is 10.0. The van der Waals surface area contributed by atoms with Crippen LogP contribution in [0.15, 0.2) is 79.0 Å². The molecule has 1 amide bonds. The number of nitrogens with one attached hydrogen (secondary N) is 1. The van der Waals surface area contributed by atoms with Crippen molar-refractivity contribution in [2.24, 2.45) is 11.7 Å². The number of halogens is 4. The minimum absolute atomic E-state index is 0. The summed E-state index contributed by atoms with van der Waals surface area (Å²) < 4.78 is 52.5. The monoisotopic (exact) mass is 659 g/mol. The van der Waals surface area contributed by atoms with Crippen LogP contribution >= 0.6 is 12.4 Å². The van der Waals surface area contributed by atoms with Crippen LogP contribution in [0.4, 0.5) is 13.2 Å². The third kappa shape index (κ3) is 10.5. The molecule has 12 heteroatoms. The van der Waals surface area contributed by atoms with Crippen molar-refractivity contribution in [2.75, 3.05) is 13.2 Å². The summed E-state index contributed by atoms with van der Waals surface area (Å²) in [5.41, 5.74) is 7.81. The Morgan fingerprint density at radius 3 is 2.15 bits per heavy atom. The third-order valence-corrected chi connectivity index (χ3v) is 7.25.